The first kappa shape index (κ1) is 10.1. The predicted molar refractivity (Wildman–Crippen MR) is 64.7 cm³/mol. The van der Waals surface area contributed by atoms with Crippen molar-refractivity contribution in [2.24, 2.45) is 0 Å². The van der Waals surface area contributed by atoms with Crippen molar-refractivity contribution in [1.82, 2.24) is 9.97 Å². The fourth-order valence-corrected chi connectivity index (χ4v) is 2.31. The minimum atomic E-state index is 0.599. The average molecular weight is 236 g/mol. The smallest absolute Gasteiger partial charge is 0.225 e. The van der Waals surface area contributed by atoms with Gasteiger partial charge in [-0.1, -0.05) is 22.7 Å². The van der Waals surface area contributed by atoms with Gasteiger partial charge in [-0.3, -0.25) is 0 Å². The monoisotopic (exact) mass is 235 g/mol. The molecule has 0 unspecified atom stereocenters. The van der Waals surface area contributed by atoms with E-state index in [-0.39, 0.29) is 0 Å². The first-order chi connectivity index (χ1) is 7.83. The molecule has 0 aromatic carbocycles. The van der Waals surface area contributed by atoms with E-state index in [9.17, 15) is 0 Å². The molecule has 1 aromatic heterocycles. The molecule has 4 heteroatoms. The number of halogens is 1. The van der Waals surface area contributed by atoms with Crippen LogP contribution in [0.5, 0.6) is 0 Å². The van der Waals surface area contributed by atoms with Gasteiger partial charge in [-0.25, -0.2) is 9.97 Å². The zero-order valence-corrected chi connectivity index (χ0v) is 9.87. The summed E-state index contributed by atoms with van der Waals surface area (Å²) in [4.78, 5) is 10.7. The second kappa shape index (κ2) is 4.06. The zero-order valence-electron chi connectivity index (χ0n) is 9.12. The third-order valence-corrected chi connectivity index (χ3v) is 3.45. The topological polar surface area (TPSA) is 29.0 Å². The van der Waals surface area contributed by atoms with Gasteiger partial charge in [-0.05, 0) is 25.7 Å². The normalized spacial score (nSPS) is 20.2. The van der Waals surface area contributed by atoms with Crippen LogP contribution in [-0.2, 0) is 0 Å². The first-order valence-corrected chi connectivity index (χ1v) is 6.13. The summed E-state index contributed by atoms with van der Waals surface area (Å²) in [5.74, 6) is 0.809. The zero-order chi connectivity index (χ0) is 11.0. The molecule has 16 heavy (non-hydrogen) atoms. The van der Waals surface area contributed by atoms with Gasteiger partial charge in [0.1, 0.15) is 0 Å². The van der Waals surface area contributed by atoms with Crippen LogP contribution < -0.4 is 4.90 Å². The van der Waals surface area contributed by atoms with Gasteiger partial charge in [0.15, 0.2) is 0 Å². The number of hydrogen-bond acceptors (Lipinski definition) is 3. The van der Waals surface area contributed by atoms with Crippen molar-refractivity contribution in [2.75, 3.05) is 18.0 Å². The van der Waals surface area contributed by atoms with Gasteiger partial charge < -0.3 is 4.90 Å². The summed E-state index contributed by atoms with van der Waals surface area (Å²) in [6.45, 7) is 2.08. The van der Waals surface area contributed by atoms with Gasteiger partial charge in [0.2, 0.25) is 5.95 Å². The van der Waals surface area contributed by atoms with Crippen LogP contribution in [0.1, 0.15) is 25.7 Å². The molecule has 3 nitrogen and oxygen atoms in total. The maximum absolute atomic E-state index is 5.77. The molecule has 84 valence electrons. The van der Waals surface area contributed by atoms with E-state index in [0.29, 0.717) is 5.02 Å². The minimum Gasteiger partial charge on any atom is -0.340 e. The van der Waals surface area contributed by atoms with Crippen molar-refractivity contribution >= 4 is 17.5 Å². The Morgan fingerprint density at radius 3 is 2.06 bits per heavy atom. The quantitative estimate of drug-likeness (QED) is 0.701. The van der Waals surface area contributed by atoms with Gasteiger partial charge >= 0.3 is 0 Å². The van der Waals surface area contributed by atoms with Crippen LogP contribution in [0.2, 0.25) is 5.02 Å². The molecular weight excluding hydrogens is 222 g/mol. The third kappa shape index (κ3) is 2.05. The van der Waals surface area contributed by atoms with Crippen LogP contribution in [0.3, 0.4) is 0 Å². The number of hydrogen-bond donors (Lipinski definition) is 0. The van der Waals surface area contributed by atoms with E-state index >= 15 is 0 Å². The SMILES string of the molecule is Clc1cnc(N2CCC(=C3CC3)CC2)nc1. The summed E-state index contributed by atoms with van der Waals surface area (Å²) >= 11 is 5.77. The second-order valence-electron chi connectivity index (χ2n) is 4.40. The van der Waals surface area contributed by atoms with Crippen molar-refractivity contribution < 1.29 is 0 Å². The van der Waals surface area contributed by atoms with Gasteiger partial charge in [-0.15, -0.1) is 0 Å². The van der Waals surface area contributed by atoms with Crippen LogP contribution in [0.4, 0.5) is 5.95 Å². The summed E-state index contributed by atoms with van der Waals surface area (Å²) in [6, 6.07) is 0. The Hall–Kier alpha value is -1.09. The fourth-order valence-electron chi connectivity index (χ4n) is 2.22. The summed E-state index contributed by atoms with van der Waals surface area (Å²) < 4.78 is 0. The molecule has 2 heterocycles. The summed E-state index contributed by atoms with van der Waals surface area (Å²) in [5, 5.41) is 0.599. The second-order valence-corrected chi connectivity index (χ2v) is 4.83. The van der Waals surface area contributed by atoms with Crippen molar-refractivity contribution in [3.8, 4) is 0 Å². The lowest BCUT2D eigenvalue weighted by Crippen LogP contribution is -2.32. The van der Waals surface area contributed by atoms with Crippen molar-refractivity contribution in [3.63, 3.8) is 0 Å². The Bertz CT molecular complexity index is 408. The lowest BCUT2D eigenvalue weighted by atomic mass is 10.0. The highest BCUT2D eigenvalue weighted by Crippen LogP contribution is 2.36. The summed E-state index contributed by atoms with van der Waals surface area (Å²) in [7, 11) is 0. The number of nitrogens with zero attached hydrogens (tertiary/aromatic N) is 3. The maximum Gasteiger partial charge on any atom is 0.225 e. The lowest BCUT2D eigenvalue weighted by Gasteiger charge is -2.28. The molecule has 1 saturated heterocycles. The molecule has 2 fully saturated rings. The molecule has 0 spiro atoms. The Morgan fingerprint density at radius 1 is 0.938 bits per heavy atom. The number of allylic oxidation sites excluding steroid dienone is 1. The molecule has 0 N–H and O–H groups in total. The minimum absolute atomic E-state index is 0.599. The Kier molecular flexibility index (Phi) is 2.56. The third-order valence-electron chi connectivity index (χ3n) is 3.26. The van der Waals surface area contributed by atoms with Gasteiger partial charge in [0.05, 0.1) is 17.4 Å². The molecule has 1 aliphatic carbocycles. The van der Waals surface area contributed by atoms with Crippen LogP contribution in [0, 0.1) is 0 Å². The number of anilines is 1. The highest BCUT2D eigenvalue weighted by Gasteiger charge is 2.22. The maximum atomic E-state index is 5.77. The van der Waals surface area contributed by atoms with Crippen molar-refractivity contribution in [3.05, 3.63) is 28.6 Å². The van der Waals surface area contributed by atoms with E-state index in [1.807, 2.05) is 0 Å². The molecule has 0 bridgehead atoms. The first-order valence-electron chi connectivity index (χ1n) is 5.75. The van der Waals surface area contributed by atoms with E-state index in [1.165, 1.54) is 25.7 Å². The molecule has 1 saturated carbocycles. The number of aromatic nitrogens is 2. The Morgan fingerprint density at radius 2 is 1.50 bits per heavy atom. The highest BCUT2D eigenvalue weighted by atomic mass is 35.5. The van der Waals surface area contributed by atoms with Gasteiger partial charge in [-0.2, -0.15) is 0 Å². The van der Waals surface area contributed by atoms with Gasteiger partial charge in [0, 0.05) is 13.1 Å². The molecule has 1 aromatic rings. The van der Waals surface area contributed by atoms with Gasteiger partial charge in [0.25, 0.3) is 0 Å². The summed E-state index contributed by atoms with van der Waals surface area (Å²) in [5.41, 5.74) is 3.39. The molecule has 1 aliphatic heterocycles. The van der Waals surface area contributed by atoms with Crippen LogP contribution >= 0.6 is 11.6 Å². The molecule has 0 atom stereocenters. The highest BCUT2D eigenvalue weighted by molar-refractivity contribution is 6.30. The number of piperidine rings is 1. The average Bonchev–Trinajstić information content (AvgIpc) is 3.14. The van der Waals surface area contributed by atoms with Crippen molar-refractivity contribution in [1.29, 1.82) is 0 Å². The van der Waals surface area contributed by atoms with Crippen LogP contribution in [0.25, 0.3) is 0 Å². The standard InChI is InChI=1S/C12H14ClN3/c13-11-7-14-12(15-8-11)16-5-3-10(4-6-16)9-1-2-9/h7-8H,1-6H2. The fraction of sp³-hybridized carbons (Fsp3) is 0.500. The van der Waals surface area contributed by atoms with E-state index in [2.05, 4.69) is 14.9 Å². The molecule has 0 radical (unpaired) electrons. The molecule has 2 aliphatic rings. The van der Waals surface area contributed by atoms with Crippen LogP contribution in [0.15, 0.2) is 23.5 Å². The van der Waals surface area contributed by atoms with Crippen LogP contribution in [-0.4, -0.2) is 23.1 Å². The van der Waals surface area contributed by atoms with Crippen molar-refractivity contribution in [2.45, 2.75) is 25.7 Å². The van der Waals surface area contributed by atoms with E-state index in [0.717, 1.165) is 19.0 Å². The van der Waals surface area contributed by atoms with E-state index in [4.69, 9.17) is 11.6 Å². The lowest BCUT2D eigenvalue weighted by molar-refractivity contribution is 0.665. The van der Waals surface area contributed by atoms with E-state index in [1.54, 1.807) is 23.5 Å². The Labute approximate surface area is 100 Å². The molecule has 0 amide bonds. The predicted octanol–water partition coefficient (Wildman–Crippen LogP) is 2.82. The van der Waals surface area contributed by atoms with E-state index < -0.39 is 0 Å². The molecular formula is C12H14ClN3. The number of rotatable bonds is 1. The summed E-state index contributed by atoms with van der Waals surface area (Å²) in [6.07, 6.45) is 8.37. The largest absolute Gasteiger partial charge is 0.340 e. The molecule has 3 rings (SSSR count). The Balaban J connectivity index is 1.69.